The average molecular weight is 250 g/mol. The van der Waals surface area contributed by atoms with Crippen LogP contribution >= 0.6 is 11.3 Å². The van der Waals surface area contributed by atoms with Crippen LogP contribution in [0.3, 0.4) is 0 Å². The summed E-state index contributed by atoms with van der Waals surface area (Å²) in [5.41, 5.74) is 2.31. The predicted octanol–water partition coefficient (Wildman–Crippen LogP) is 2.89. The molecule has 2 heterocycles. The Hall–Kier alpha value is -1.20. The van der Waals surface area contributed by atoms with Crippen LogP contribution in [0.15, 0.2) is 12.4 Å². The third kappa shape index (κ3) is 2.73. The van der Waals surface area contributed by atoms with Gasteiger partial charge in [-0.05, 0) is 27.7 Å². The second-order valence-electron chi connectivity index (χ2n) is 4.32. The van der Waals surface area contributed by atoms with Crippen molar-refractivity contribution in [3.05, 3.63) is 33.5 Å². The number of hydrogen-bond donors (Lipinski definition) is 2. The van der Waals surface area contributed by atoms with E-state index in [4.69, 9.17) is 0 Å². The fraction of sp³-hybridized carbons (Fsp3) is 0.500. The molecule has 0 radical (unpaired) electrons. The Morgan fingerprint density at radius 2 is 2.06 bits per heavy atom. The van der Waals surface area contributed by atoms with Crippen LogP contribution in [0.25, 0.3) is 0 Å². The van der Waals surface area contributed by atoms with Gasteiger partial charge in [0.15, 0.2) is 0 Å². The van der Waals surface area contributed by atoms with Crippen molar-refractivity contribution in [1.82, 2.24) is 20.5 Å². The van der Waals surface area contributed by atoms with E-state index in [1.54, 1.807) is 11.3 Å². The lowest BCUT2D eigenvalue weighted by Gasteiger charge is -2.18. The van der Waals surface area contributed by atoms with E-state index in [2.05, 4.69) is 41.3 Å². The van der Waals surface area contributed by atoms with Crippen molar-refractivity contribution in [2.45, 2.75) is 39.8 Å². The lowest BCUT2D eigenvalue weighted by atomic mass is 10.1. The first kappa shape index (κ1) is 12.3. The van der Waals surface area contributed by atoms with Crippen molar-refractivity contribution in [3.8, 4) is 0 Å². The second kappa shape index (κ2) is 4.98. The fourth-order valence-corrected chi connectivity index (χ4v) is 2.93. The summed E-state index contributed by atoms with van der Waals surface area (Å²) in [7, 11) is 0. The number of thiazole rings is 1. The van der Waals surface area contributed by atoms with Crippen molar-refractivity contribution in [1.29, 1.82) is 0 Å². The van der Waals surface area contributed by atoms with Crippen molar-refractivity contribution in [3.63, 3.8) is 0 Å². The lowest BCUT2D eigenvalue weighted by molar-refractivity contribution is 0.498. The summed E-state index contributed by atoms with van der Waals surface area (Å²) in [6.07, 6.45) is 3.78. The zero-order valence-corrected chi connectivity index (χ0v) is 11.4. The molecular formula is C12H18N4S. The van der Waals surface area contributed by atoms with Crippen LogP contribution in [-0.2, 0) is 0 Å². The highest BCUT2D eigenvalue weighted by atomic mass is 32.1. The minimum absolute atomic E-state index is 0.283. The summed E-state index contributed by atoms with van der Waals surface area (Å²) in [5.74, 6) is 0. The Labute approximate surface area is 105 Å². The van der Waals surface area contributed by atoms with Gasteiger partial charge >= 0.3 is 0 Å². The van der Waals surface area contributed by atoms with E-state index < -0.39 is 0 Å². The molecule has 0 aliphatic heterocycles. The summed E-state index contributed by atoms with van der Waals surface area (Å²) >= 11 is 1.76. The molecule has 2 unspecified atom stereocenters. The number of hydrogen-bond acceptors (Lipinski definition) is 4. The zero-order valence-electron chi connectivity index (χ0n) is 10.6. The molecule has 2 aromatic rings. The van der Waals surface area contributed by atoms with Crippen molar-refractivity contribution in [2.24, 2.45) is 0 Å². The monoisotopic (exact) mass is 250 g/mol. The molecular weight excluding hydrogens is 232 g/mol. The highest BCUT2D eigenvalue weighted by Gasteiger charge is 2.16. The summed E-state index contributed by atoms with van der Waals surface area (Å²) in [4.78, 5) is 5.78. The molecule has 0 amide bonds. The molecule has 2 N–H and O–H groups in total. The number of rotatable bonds is 4. The maximum Gasteiger partial charge on any atom is 0.0900 e. The number of nitrogens with one attached hydrogen (secondary N) is 2. The highest BCUT2D eigenvalue weighted by molar-refractivity contribution is 7.11. The first-order valence-corrected chi connectivity index (χ1v) is 6.58. The Morgan fingerprint density at radius 3 is 2.59 bits per heavy atom. The van der Waals surface area contributed by atoms with Gasteiger partial charge in [0, 0.05) is 28.7 Å². The number of H-pyrrole nitrogens is 1. The number of aromatic nitrogens is 3. The number of aryl methyl sites for hydroxylation is 2. The third-order valence-electron chi connectivity index (χ3n) is 2.85. The van der Waals surface area contributed by atoms with Crippen molar-refractivity contribution < 1.29 is 0 Å². The van der Waals surface area contributed by atoms with Gasteiger partial charge in [0.2, 0.25) is 0 Å². The van der Waals surface area contributed by atoms with E-state index in [-0.39, 0.29) is 6.04 Å². The van der Waals surface area contributed by atoms with Crippen LogP contribution in [-0.4, -0.2) is 15.2 Å². The van der Waals surface area contributed by atoms with Gasteiger partial charge in [-0.15, -0.1) is 11.3 Å². The van der Waals surface area contributed by atoms with E-state index in [0.29, 0.717) is 6.04 Å². The maximum atomic E-state index is 4.46. The smallest absolute Gasteiger partial charge is 0.0900 e. The molecule has 2 rings (SSSR count). The molecule has 0 fully saturated rings. The quantitative estimate of drug-likeness (QED) is 0.877. The summed E-state index contributed by atoms with van der Waals surface area (Å²) in [5, 5.41) is 11.5. The molecule has 2 aromatic heterocycles. The zero-order chi connectivity index (χ0) is 12.4. The first-order chi connectivity index (χ1) is 8.08. The fourth-order valence-electron chi connectivity index (χ4n) is 1.99. The van der Waals surface area contributed by atoms with Gasteiger partial charge in [0.05, 0.1) is 16.9 Å². The molecule has 0 bridgehead atoms. The van der Waals surface area contributed by atoms with E-state index in [9.17, 15) is 0 Å². The van der Waals surface area contributed by atoms with E-state index in [1.807, 2.05) is 19.3 Å². The van der Waals surface area contributed by atoms with Gasteiger partial charge in [0.25, 0.3) is 0 Å². The lowest BCUT2D eigenvalue weighted by Crippen LogP contribution is -2.22. The van der Waals surface area contributed by atoms with Gasteiger partial charge in [-0.3, -0.25) is 5.10 Å². The Balaban J connectivity index is 2.06. The van der Waals surface area contributed by atoms with E-state index in [0.717, 1.165) is 10.7 Å². The second-order valence-corrected chi connectivity index (χ2v) is 5.56. The Kier molecular flexibility index (Phi) is 3.59. The summed E-state index contributed by atoms with van der Waals surface area (Å²) in [6, 6.07) is 0.594. The molecule has 0 spiro atoms. The molecule has 92 valence electrons. The standard InChI is InChI=1S/C12H18N4S/c1-7(11-5-13-14-6-11)15-8(2)12-9(3)16-10(4)17-12/h5-8,15H,1-4H3,(H,13,14). The Morgan fingerprint density at radius 1 is 1.29 bits per heavy atom. The SMILES string of the molecule is Cc1nc(C)c(C(C)NC(C)c2cn[nH]c2)s1. The first-order valence-electron chi connectivity index (χ1n) is 5.76. The van der Waals surface area contributed by atoms with Crippen LogP contribution in [0.1, 0.15) is 47.1 Å². The number of nitrogens with zero attached hydrogens (tertiary/aromatic N) is 2. The van der Waals surface area contributed by atoms with Crippen LogP contribution in [0, 0.1) is 13.8 Å². The summed E-state index contributed by atoms with van der Waals surface area (Å²) < 4.78 is 0. The van der Waals surface area contributed by atoms with Gasteiger partial charge in [0.1, 0.15) is 0 Å². The molecule has 5 heteroatoms. The van der Waals surface area contributed by atoms with Crippen LogP contribution < -0.4 is 5.32 Å². The average Bonchev–Trinajstić information content (AvgIpc) is 2.87. The largest absolute Gasteiger partial charge is 0.303 e. The van der Waals surface area contributed by atoms with Gasteiger partial charge in [-0.2, -0.15) is 5.10 Å². The molecule has 0 saturated heterocycles. The molecule has 0 aliphatic carbocycles. The minimum Gasteiger partial charge on any atom is -0.303 e. The van der Waals surface area contributed by atoms with E-state index in [1.165, 1.54) is 10.4 Å². The minimum atomic E-state index is 0.283. The van der Waals surface area contributed by atoms with Gasteiger partial charge in [-0.1, -0.05) is 0 Å². The number of aromatic amines is 1. The van der Waals surface area contributed by atoms with Gasteiger partial charge in [-0.25, -0.2) is 4.98 Å². The molecule has 4 nitrogen and oxygen atoms in total. The predicted molar refractivity (Wildman–Crippen MR) is 70.1 cm³/mol. The topological polar surface area (TPSA) is 53.6 Å². The third-order valence-corrected chi connectivity index (χ3v) is 4.11. The summed E-state index contributed by atoms with van der Waals surface area (Å²) in [6.45, 7) is 8.44. The molecule has 0 saturated carbocycles. The van der Waals surface area contributed by atoms with Crippen LogP contribution in [0.5, 0.6) is 0 Å². The van der Waals surface area contributed by atoms with Crippen molar-refractivity contribution >= 4 is 11.3 Å². The molecule has 0 aromatic carbocycles. The molecule has 0 aliphatic rings. The normalized spacial score (nSPS) is 14.8. The van der Waals surface area contributed by atoms with E-state index >= 15 is 0 Å². The highest BCUT2D eigenvalue weighted by Crippen LogP contribution is 2.26. The van der Waals surface area contributed by atoms with Crippen LogP contribution in [0.4, 0.5) is 0 Å². The molecule has 17 heavy (non-hydrogen) atoms. The maximum absolute atomic E-state index is 4.46. The Bertz CT molecular complexity index is 475. The van der Waals surface area contributed by atoms with Gasteiger partial charge < -0.3 is 5.32 Å². The van der Waals surface area contributed by atoms with Crippen LogP contribution in [0.2, 0.25) is 0 Å². The van der Waals surface area contributed by atoms with Crippen molar-refractivity contribution in [2.75, 3.05) is 0 Å². The molecule has 2 atom stereocenters.